The van der Waals surface area contributed by atoms with Gasteiger partial charge in [-0.2, -0.15) is 0 Å². The summed E-state index contributed by atoms with van der Waals surface area (Å²) in [6.45, 7) is 1.92. The van der Waals surface area contributed by atoms with Crippen molar-refractivity contribution in [3.8, 4) is 0 Å². The molecule has 1 aliphatic rings. The molecule has 0 saturated heterocycles. The lowest BCUT2D eigenvalue weighted by Crippen LogP contribution is -2.37. The monoisotopic (exact) mass is 235 g/mol. The predicted octanol–water partition coefficient (Wildman–Crippen LogP) is 1.84. The molecule has 1 fully saturated rings. The number of aliphatic carboxylic acids is 1. The third-order valence-electron chi connectivity index (χ3n) is 3.18. The van der Waals surface area contributed by atoms with Crippen molar-refractivity contribution in [1.29, 1.82) is 0 Å². The van der Waals surface area contributed by atoms with E-state index in [9.17, 15) is 4.79 Å². The van der Waals surface area contributed by atoms with E-state index in [-0.39, 0.29) is 12.0 Å². The fourth-order valence-electron chi connectivity index (χ4n) is 2.23. The number of rotatable bonds is 3. The van der Waals surface area contributed by atoms with Crippen LogP contribution in [0.4, 0.5) is 5.95 Å². The van der Waals surface area contributed by atoms with Crippen LogP contribution in [0.3, 0.4) is 0 Å². The van der Waals surface area contributed by atoms with Crippen LogP contribution in [0.2, 0.25) is 0 Å². The van der Waals surface area contributed by atoms with E-state index < -0.39 is 5.97 Å². The third-order valence-corrected chi connectivity index (χ3v) is 3.18. The van der Waals surface area contributed by atoms with Gasteiger partial charge in [-0.3, -0.25) is 4.79 Å². The van der Waals surface area contributed by atoms with Gasteiger partial charge in [0.15, 0.2) is 0 Å². The second kappa shape index (κ2) is 5.12. The van der Waals surface area contributed by atoms with Crippen LogP contribution < -0.4 is 5.32 Å². The second-order valence-corrected chi connectivity index (χ2v) is 4.56. The van der Waals surface area contributed by atoms with E-state index in [2.05, 4.69) is 15.3 Å². The summed E-state index contributed by atoms with van der Waals surface area (Å²) in [6.07, 6.45) is 7.12. The molecule has 0 spiro atoms. The van der Waals surface area contributed by atoms with E-state index in [0.717, 1.165) is 31.2 Å². The highest BCUT2D eigenvalue weighted by Crippen LogP contribution is 2.26. The van der Waals surface area contributed by atoms with Crippen LogP contribution in [0.1, 0.15) is 31.2 Å². The Balaban J connectivity index is 2.05. The minimum Gasteiger partial charge on any atom is -0.481 e. The maximum absolute atomic E-state index is 11.1. The summed E-state index contributed by atoms with van der Waals surface area (Å²) in [4.78, 5) is 19.4. The van der Waals surface area contributed by atoms with Crippen molar-refractivity contribution >= 4 is 11.9 Å². The average Bonchev–Trinajstić information content (AvgIpc) is 2.32. The van der Waals surface area contributed by atoms with E-state index >= 15 is 0 Å². The maximum atomic E-state index is 11.1. The first-order valence-electron chi connectivity index (χ1n) is 5.95. The standard InChI is InChI=1S/C12H17N3O2/c1-8-6-13-12(14-7-8)15-10-5-3-2-4-9(10)11(16)17/h6-7,9-10H,2-5H2,1H3,(H,16,17)(H,13,14,15). The molecule has 0 radical (unpaired) electrons. The van der Waals surface area contributed by atoms with Crippen molar-refractivity contribution in [2.45, 2.75) is 38.6 Å². The largest absolute Gasteiger partial charge is 0.481 e. The molecule has 0 aromatic carbocycles. The van der Waals surface area contributed by atoms with Crippen LogP contribution in [0.5, 0.6) is 0 Å². The highest BCUT2D eigenvalue weighted by Gasteiger charge is 2.31. The van der Waals surface area contributed by atoms with Crippen LogP contribution >= 0.6 is 0 Å². The highest BCUT2D eigenvalue weighted by molar-refractivity contribution is 5.71. The van der Waals surface area contributed by atoms with Gasteiger partial charge < -0.3 is 10.4 Å². The summed E-state index contributed by atoms with van der Waals surface area (Å²) >= 11 is 0. The van der Waals surface area contributed by atoms with Crippen molar-refractivity contribution in [2.75, 3.05) is 5.32 Å². The molecule has 1 aromatic rings. The smallest absolute Gasteiger partial charge is 0.308 e. The summed E-state index contributed by atoms with van der Waals surface area (Å²) in [5, 5.41) is 12.3. The predicted molar refractivity (Wildman–Crippen MR) is 63.8 cm³/mol. The Labute approximate surface area is 100 Å². The molecular formula is C12H17N3O2. The SMILES string of the molecule is Cc1cnc(NC2CCCCC2C(=O)O)nc1. The fourth-order valence-corrected chi connectivity index (χ4v) is 2.23. The molecule has 2 atom stereocenters. The molecule has 0 aliphatic heterocycles. The Morgan fingerprint density at radius 2 is 2.00 bits per heavy atom. The molecule has 1 heterocycles. The van der Waals surface area contributed by atoms with Gasteiger partial charge in [-0.05, 0) is 25.3 Å². The number of aryl methyl sites for hydroxylation is 1. The molecule has 1 aliphatic carbocycles. The molecule has 5 heteroatoms. The Bertz CT molecular complexity index is 391. The summed E-state index contributed by atoms with van der Waals surface area (Å²) in [6, 6.07) is -0.0519. The Hall–Kier alpha value is -1.65. The van der Waals surface area contributed by atoms with Gasteiger partial charge in [0.2, 0.25) is 5.95 Å². The van der Waals surface area contributed by atoms with E-state index in [4.69, 9.17) is 5.11 Å². The first-order valence-corrected chi connectivity index (χ1v) is 5.95. The van der Waals surface area contributed by atoms with Gasteiger partial charge in [0.05, 0.1) is 5.92 Å². The number of nitrogens with one attached hydrogen (secondary N) is 1. The molecule has 92 valence electrons. The zero-order valence-electron chi connectivity index (χ0n) is 9.89. The van der Waals surface area contributed by atoms with Crippen LogP contribution in [0.15, 0.2) is 12.4 Å². The number of carbonyl (C=O) groups is 1. The van der Waals surface area contributed by atoms with E-state index in [1.165, 1.54) is 0 Å². The Kier molecular flexibility index (Phi) is 3.56. The molecule has 5 nitrogen and oxygen atoms in total. The van der Waals surface area contributed by atoms with Gasteiger partial charge >= 0.3 is 5.97 Å². The van der Waals surface area contributed by atoms with E-state index in [1.807, 2.05) is 6.92 Å². The first-order chi connectivity index (χ1) is 8.16. The summed E-state index contributed by atoms with van der Waals surface area (Å²) in [5.41, 5.74) is 0.994. The van der Waals surface area contributed by atoms with Gasteiger partial charge in [0, 0.05) is 18.4 Å². The van der Waals surface area contributed by atoms with E-state index in [1.54, 1.807) is 12.4 Å². The summed E-state index contributed by atoms with van der Waals surface area (Å²) < 4.78 is 0. The van der Waals surface area contributed by atoms with Gasteiger partial charge in [0.25, 0.3) is 0 Å². The van der Waals surface area contributed by atoms with Crippen LogP contribution in [0.25, 0.3) is 0 Å². The lowest BCUT2D eigenvalue weighted by Gasteiger charge is -2.29. The normalized spacial score (nSPS) is 24.3. The quantitative estimate of drug-likeness (QED) is 0.836. The Morgan fingerprint density at radius 1 is 1.35 bits per heavy atom. The molecule has 1 aromatic heterocycles. The zero-order chi connectivity index (χ0) is 12.3. The number of nitrogens with zero attached hydrogens (tertiary/aromatic N) is 2. The molecule has 2 N–H and O–H groups in total. The lowest BCUT2D eigenvalue weighted by molar-refractivity contribution is -0.143. The number of carboxylic acids is 1. The molecule has 0 amide bonds. The summed E-state index contributed by atoms with van der Waals surface area (Å²) in [7, 11) is 0. The van der Waals surface area contributed by atoms with Gasteiger partial charge in [-0.1, -0.05) is 12.8 Å². The van der Waals surface area contributed by atoms with Crippen LogP contribution in [-0.2, 0) is 4.79 Å². The molecule has 1 saturated carbocycles. The summed E-state index contributed by atoms with van der Waals surface area (Å²) in [5.74, 6) is -0.531. The molecule has 17 heavy (non-hydrogen) atoms. The Morgan fingerprint density at radius 3 is 2.65 bits per heavy atom. The number of carboxylic acid groups (broad SMARTS) is 1. The maximum Gasteiger partial charge on any atom is 0.308 e. The van der Waals surface area contributed by atoms with E-state index in [0.29, 0.717) is 5.95 Å². The minimum absolute atomic E-state index is 0.0519. The molecular weight excluding hydrogens is 218 g/mol. The topological polar surface area (TPSA) is 75.1 Å². The number of anilines is 1. The van der Waals surface area contributed by atoms with Crippen molar-refractivity contribution in [3.63, 3.8) is 0 Å². The molecule has 2 unspecified atom stereocenters. The van der Waals surface area contributed by atoms with Crippen molar-refractivity contribution < 1.29 is 9.90 Å². The van der Waals surface area contributed by atoms with Gasteiger partial charge in [-0.15, -0.1) is 0 Å². The van der Waals surface area contributed by atoms with Gasteiger partial charge in [0.1, 0.15) is 0 Å². The fraction of sp³-hybridized carbons (Fsp3) is 0.583. The number of hydrogen-bond acceptors (Lipinski definition) is 4. The zero-order valence-corrected chi connectivity index (χ0v) is 9.89. The lowest BCUT2D eigenvalue weighted by atomic mass is 9.84. The third kappa shape index (κ3) is 2.93. The van der Waals surface area contributed by atoms with Gasteiger partial charge in [-0.25, -0.2) is 9.97 Å². The van der Waals surface area contributed by atoms with Crippen molar-refractivity contribution in [2.24, 2.45) is 5.92 Å². The highest BCUT2D eigenvalue weighted by atomic mass is 16.4. The number of aromatic nitrogens is 2. The average molecular weight is 235 g/mol. The number of hydrogen-bond donors (Lipinski definition) is 2. The molecule has 0 bridgehead atoms. The van der Waals surface area contributed by atoms with Crippen molar-refractivity contribution in [1.82, 2.24) is 9.97 Å². The van der Waals surface area contributed by atoms with Crippen LogP contribution in [-0.4, -0.2) is 27.1 Å². The second-order valence-electron chi connectivity index (χ2n) is 4.56. The minimum atomic E-state index is -0.727. The van der Waals surface area contributed by atoms with Crippen LogP contribution in [0, 0.1) is 12.8 Å². The molecule has 2 rings (SSSR count). The van der Waals surface area contributed by atoms with Crippen molar-refractivity contribution in [3.05, 3.63) is 18.0 Å². The first kappa shape index (κ1) is 11.8.